The van der Waals surface area contributed by atoms with E-state index in [1.165, 1.54) is 19.3 Å². The van der Waals surface area contributed by atoms with E-state index in [9.17, 15) is 9.59 Å². The molecule has 2 unspecified atom stereocenters. The lowest BCUT2D eigenvalue weighted by molar-refractivity contribution is -0.124. The van der Waals surface area contributed by atoms with Gasteiger partial charge < -0.3 is 16.0 Å². The van der Waals surface area contributed by atoms with E-state index in [-0.39, 0.29) is 17.9 Å². The molecule has 1 saturated carbocycles. The third-order valence-corrected chi connectivity index (χ3v) is 5.72. The smallest absolute Gasteiger partial charge is 0.237 e. The summed E-state index contributed by atoms with van der Waals surface area (Å²) >= 11 is 0. The Morgan fingerprint density at radius 3 is 2.46 bits per heavy atom. The molecular weight excluding hydrogens is 304 g/mol. The Morgan fingerprint density at radius 2 is 1.75 bits per heavy atom. The standard InChI is InChI=1S/C18H32N4O2/c23-17(20-10-14-4-1-5-14)13-22-9-3-6-15(12-22)11-21-18(24)16-7-2-8-19-16/h14-16,19H,1-13H2,(H,20,23)(H,21,24). The molecular formula is C18H32N4O2. The summed E-state index contributed by atoms with van der Waals surface area (Å²) in [5.74, 6) is 1.47. The lowest BCUT2D eigenvalue weighted by Gasteiger charge is -2.33. The molecule has 0 aromatic carbocycles. The summed E-state index contributed by atoms with van der Waals surface area (Å²) in [5.41, 5.74) is 0. The molecule has 2 heterocycles. The minimum Gasteiger partial charge on any atom is -0.355 e. The zero-order chi connectivity index (χ0) is 16.8. The summed E-state index contributed by atoms with van der Waals surface area (Å²) in [6.45, 7) is 4.94. The number of amides is 2. The fraction of sp³-hybridized carbons (Fsp3) is 0.889. The molecule has 2 atom stereocenters. The topological polar surface area (TPSA) is 73.5 Å². The highest BCUT2D eigenvalue weighted by Crippen LogP contribution is 2.25. The first-order valence-electron chi connectivity index (χ1n) is 9.71. The number of hydrogen-bond acceptors (Lipinski definition) is 4. The van der Waals surface area contributed by atoms with Crippen LogP contribution >= 0.6 is 0 Å². The lowest BCUT2D eigenvalue weighted by Crippen LogP contribution is -2.47. The zero-order valence-electron chi connectivity index (χ0n) is 14.7. The molecule has 6 nitrogen and oxygen atoms in total. The summed E-state index contributed by atoms with van der Waals surface area (Å²) in [5, 5.41) is 9.41. The number of piperidine rings is 1. The van der Waals surface area contributed by atoms with Gasteiger partial charge in [-0.1, -0.05) is 6.42 Å². The van der Waals surface area contributed by atoms with Gasteiger partial charge in [0, 0.05) is 19.6 Å². The van der Waals surface area contributed by atoms with E-state index in [2.05, 4.69) is 20.9 Å². The van der Waals surface area contributed by atoms with E-state index in [0.717, 1.165) is 58.4 Å². The van der Waals surface area contributed by atoms with Crippen molar-refractivity contribution in [2.75, 3.05) is 39.3 Å². The first kappa shape index (κ1) is 17.7. The van der Waals surface area contributed by atoms with Gasteiger partial charge >= 0.3 is 0 Å². The van der Waals surface area contributed by atoms with E-state index >= 15 is 0 Å². The first-order valence-corrected chi connectivity index (χ1v) is 9.71. The minimum absolute atomic E-state index is 0.00183. The largest absolute Gasteiger partial charge is 0.355 e. The van der Waals surface area contributed by atoms with Crippen molar-refractivity contribution in [3.8, 4) is 0 Å². The Kier molecular flexibility index (Phi) is 6.49. The van der Waals surface area contributed by atoms with Gasteiger partial charge in [0.05, 0.1) is 12.6 Å². The summed E-state index contributed by atoms with van der Waals surface area (Å²) in [6.07, 6.45) is 8.13. The maximum absolute atomic E-state index is 12.1. The average Bonchev–Trinajstić information content (AvgIpc) is 3.06. The fourth-order valence-corrected chi connectivity index (χ4v) is 3.95. The van der Waals surface area contributed by atoms with Crippen LogP contribution in [0.2, 0.25) is 0 Å². The quantitative estimate of drug-likeness (QED) is 0.632. The van der Waals surface area contributed by atoms with Gasteiger partial charge in [0.25, 0.3) is 0 Å². The van der Waals surface area contributed by atoms with E-state index in [4.69, 9.17) is 0 Å². The minimum atomic E-state index is 0.00183. The second kappa shape index (κ2) is 8.81. The van der Waals surface area contributed by atoms with Gasteiger partial charge in [-0.3, -0.25) is 14.5 Å². The highest BCUT2D eigenvalue weighted by atomic mass is 16.2. The molecule has 2 aliphatic heterocycles. The van der Waals surface area contributed by atoms with Crippen LogP contribution in [0, 0.1) is 11.8 Å². The predicted octanol–water partition coefficient (Wildman–Crippen LogP) is 0.483. The van der Waals surface area contributed by atoms with Crippen LogP contribution in [0.15, 0.2) is 0 Å². The maximum Gasteiger partial charge on any atom is 0.237 e. The number of carbonyl (C=O) groups excluding carboxylic acids is 2. The normalized spacial score (nSPS) is 28.3. The Morgan fingerprint density at radius 1 is 0.958 bits per heavy atom. The first-order chi connectivity index (χ1) is 11.7. The van der Waals surface area contributed by atoms with Crippen molar-refractivity contribution >= 4 is 11.8 Å². The second-order valence-electron chi connectivity index (χ2n) is 7.74. The molecule has 0 bridgehead atoms. The average molecular weight is 336 g/mol. The van der Waals surface area contributed by atoms with E-state index in [0.29, 0.717) is 18.4 Å². The van der Waals surface area contributed by atoms with Crippen molar-refractivity contribution in [3.63, 3.8) is 0 Å². The van der Waals surface area contributed by atoms with Crippen LogP contribution in [0.5, 0.6) is 0 Å². The van der Waals surface area contributed by atoms with Crippen molar-refractivity contribution in [2.24, 2.45) is 11.8 Å². The summed E-state index contributed by atoms with van der Waals surface area (Å²) in [4.78, 5) is 26.4. The van der Waals surface area contributed by atoms with Crippen LogP contribution in [-0.4, -0.2) is 62.0 Å². The van der Waals surface area contributed by atoms with Gasteiger partial charge in [0.1, 0.15) is 0 Å². The van der Waals surface area contributed by atoms with Gasteiger partial charge in [0.15, 0.2) is 0 Å². The van der Waals surface area contributed by atoms with Gasteiger partial charge in [-0.25, -0.2) is 0 Å². The number of carbonyl (C=O) groups is 2. The highest BCUT2D eigenvalue weighted by molar-refractivity contribution is 5.82. The molecule has 3 rings (SSSR count). The van der Waals surface area contributed by atoms with Crippen LogP contribution in [-0.2, 0) is 9.59 Å². The molecule has 0 radical (unpaired) electrons. The number of nitrogens with one attached hydrogen (secondary N) is 3. The molecule has 24 heavy (non-hydrogen) atoms. The van der Waals surface area contributed by atoms with Crippen LogP contribution in [0.4, 0.5) is 0 Å². The summed E-state index contributed by atoms with van der Waals surface area (Å²) in [7, 11) is 0. The van der Waals surface area contributed by atoms with Crippen molar-refractivity contribution < 1.29 is 9.59 Å². The van der Waals surface area contributed by atoms with Crippen LogP contribution in [0.25, 0.3) is 0 Å². The third kappa shape index (κ3) is 5.18. The highest BCUT2D eigenvalue weighted by Gasteiger charge is 2.25. The molecule has 0 aromatic heterocycles. The predicted molar refractivity (Wildman–Crippen MR) is 93.5 cm³/mol. The van der Waals surface area contributed by atoms with Crippen molar-refractivity contribution in [1.29, 1.82) is 0 Å². The molecule has 2 saturated heterocycles. The summed E-state index contributed by atoms with van der Waals surface area (Å²) in [6, 6.07) is 0.00183. The fourth-order valence-electron chi connectivity index (χ4n) is 3.95. The molecule has 0 spiro atoms. The monoisotopic (exact) mass is 336 g/mol. The van der Waals surface area contributed by atoms with Crippen molar-refractivity contribution in [1.82, 2.24) is 20.9 Å². The zero-order valence-corrected chi connectivity index (χ0v) is 14.7. The van der Waals surface area contributed by atoms with E-state index in [1.54, 1.807) is 0 Å². The van der Waals surface area contributed by atoms with Gasteiger partial charge in [-0.15, -0.1) is 0 Å². The van der Waals surface area contributed by atoms with E-state index in [1.807, 2.05) is 0 Å². The molecule has 3 N–H and O–H groups in total. The third-order valence-electron chi connectivity index (χ3n) is 5.72. The molecule has 2 amide bonds. The maximum atomic E-state index is 12.1. The molecule has 0 aromatic rings. The van der Waals surface area contributed by atoms with Crippen molar-refractivity contribution in [2.45, 2.75) is 51.0 Å². The number of hydrogen-bond donors (Lipinski definition) is 3. The Bertz CT molecular complexity index is 433. The molecule has 136 valence electrons. The van der Waals surface area contributed by atoms with E-state index < -0.39 is 0 Å². The number of likely N-dealkylation sites (tertiary alicyclic amines) is 1. The second-order valence-corrected chi connectivity index (χ2v) is 7.74. The van der Waals surface area contributed by atoms with Crippen molar-refractivity contribution in [3.05, 3.63) is 0 Å². The van der Waals surface area contributed by atoms with Gasteiger partial charge in [0.2, 0.25) is 11.8 Å². The van der Waals surface area contributed by atoms with Crippen LogP contribution in [0.3, 0.4) is 0 Å². The lowest BCUT2D eigenvalue weighted by atomic mass is 9.85. The van der Waals surface area contributed by atoms with Gasteiger partial charge in [-0.05, 0) is 63.5 Å². The van der Waals surface area contributed by atoms with Gasteiger partial charge in [-0.2, -0.15) is 0 Å². The molecule has 3 aliphatic rings. The molecule has 6 heteroatoms. The molecule has 3 fully saturated rings. The Labute approximate surface area is 145 Å². The number of nitrogens with zero attached hydrogens (tertiary/aromatic N) is 1. The molecule has 1 aliphatic carbocycles. The SMILES string of the molecule is O=C(CN1CCCC(CNC(=O)C2CCCN2)C1)NCC1CCC1. The van der Waals surface area contributed by atoms with Crippen LogP contribution < -0.4 is 16.0 Å². The Hall–Kier alpha value is -1.14. The van der Waals surface area contributed by atoms with Crippen LogP contribution in [0.1, 0.15) is 44.9 Å². The number of rotatable bonds is 7. The Balaban J connectivity index is 1.32. The summed E-state index contributed by atoms with van der Waals surface area (Å²) < 4.78 is 0.